The van der Waals surface area contributed by atoms with E-state index in [9.17, 15) is 0 Å². The third-order valence-electron chi connectivity index (χ3n) is 2.84. The van der Waals surface area contributed by atoms with Crippen LogP contribution >= 0.6 is 0 Å². The van der Waals surface area contributed by atoms with E-state index in [1.165, 1.54) is 5.57 Å². The SMILES string of the molecule is CN=C(NCCCOC)NCCC1=CCOCC1. The van der Waals surface area contributed by atoms with E-state index < -0.39 is 0 Å². The number of nitrogens with zero attached hydrogens (tertiary/aromatic N) is 1. The Bertz CT molecular complexity index is 277. The van der Waals surface area contributed by atoms with Gasteiger partial charge in [0.05, 0.1) is 13.2 Å². The van der Waals surface area contributed by atoms with Crippen molar-refractivity contribution in [3.05, 3.63) is 11.6 Å². The lowest BCUT2D eigenvalue weighted by Crippen LogP contribution is -2.38. The molecule has 0 bridgehead atoms. The van der Waals surface area contributed by atoms with Crippen molar-refractivity contribution in [2.75, 3.05) is 47.1 Å². The summed E-state index contributed by atoms with van der Waals surface area (Å²) in [6.07, 6.45) is 5.28. The third kappa shape index (κ3) is 6.61. The molecule has 0 spiro atoms. The molecule has 104 valence electrons. The zero-order valence-corrected chi connectivity index (χ0v) is 11.5. The fourth-order valence-electron chi connectivity index (χ4n) is 1.78. The number of hydrogen-bond acceptors (Lipinski definition) is 3. The van der Waals surface area contributed by atoms with Crippen LogP contribution < -0.4 is 10.6 Å². The van der Waals surface area contributed by atoms with E-state index in [4.69, 9.17) is 9.47 Å². The Kier molecular flexibility index (Phi) is 8.25. The zero-order chi connectivity index (χ0) is 13.1. The molecule has 0 amide bonds. The molecule has 1 aliphatic rings. The normalized spacial score (nSPS) is 16.3. The first-order valence-corrected chi connectivity index (χ1v) is 6.56. The van der Waals surface area contributed by atoms with Crippen LogP contribution in [0.3, 0.4) is 0 Å². The van der Waals surface area contributed by atoms with Crippen LogP contribution in [-0.4, -0.2) is 53.0 Å². The number of nitrogens with one attached hydrogen (secondary N) is 2. The van der Waals surface area contributed by atoms with Gasteiger partial charge in [0.1, 0.15) is 0 Å². The van der Waals surface area contributed by atoms with E-state index in [0.717, 1.165) is 58.1 Å². The lowest BCUT2D eigenvalue weighted by Gasteiger charge is -2.15. The van der Waals surface area contributed by atoms with Crippen LogP contribution in [0, 0.1) is 0 Å². The Morgan fingerprint density at radius 2 is 2.28 bits per heavy atom. The molecule has 0 aromatic rings. The topological polar surface area (TPSA) is 54.9 Å². The fraction of sp³-hybridized carbons (Fsp3) is 0.769. The summed E-state index contributed by atoms with van der Waals surface area (Å²) in [5.41, 5.74) is 1.48. The number of aliphatic imine (C=N–C) groups is 1. The van der Waals surface area contributed by atoms with Gasteiger partial charge in [-0.05, 0) is 19.3 Å². The minimum atomic E-state index is 0.763. The molecule has 18 heavy (non-hydrogen) atoms. The Morgan fingerprint density at radius 1 is 1.44 bits per heavy atom. The summed E-state index contributed by atoms with van der Waals surface area (Å²) in [7, 11) is 3.51. The standard InChI is InChI=1S/C13H25N3O2/c1-14-13(15-7-3-9-17-2)16-8-4-12-5-10-18-11-6-12/h5H,3-4,6-11H2,1-2H3,(H2,14,15,16). The number of methoxy groups -OCH3 is 1. The highest BCUT2D eigenvalue weighted by Crippen LogP contribution is 2.10. The van der Waals surface area contributed by atoms with Gasteiger partial charge >= 0.3 is 0 Å². The maximum atomic E-state index is 5.28. The van der Waals surface area contributed by atoms with Gasteiger partial charge in [0.2, 0.25) is 0 Å². The molecule has 1 aliphatic heterocycles. The van der Waals surface area contributed by atoms with Gasteiger partial charge in [-0.2, -0.15) is 0 Å². The summed E-state index contributed by atoms with van der Waals surface area (Å²) in [6, 6.07) is 0. The largest absolute Gasteiger partial charge is 0.385 e. The molecule has 1 heterocycles. The number of guanidine groups is 1. The van der Waals surface area contributed by atoms with Crippen LogP contribution in [-0.2, 0) is 9.47 Å². The van der Waals surface area contributed by atoms with Crippen LogP contribution in [0.1, 0.15) is 19.3 Å². The predicted octanol–water partition coefficient (Wildman–Crippen LogP) is 0.925. The Hall–Kier alpha value is -1.07. The smallest absolute Gasteiger partial charge is 0.190 e. The highest BCUT2D eigenvalue weighted by molar-refractivity contribution is 5.79. The molecule has 2 N–H and O–H groups in total. The molecule has 1 rings (SSSR count). The summed E-state index contributed by atoms with van der Waals surface area (Å²) in [5, 5.41) is 6.57. The van der Waals surface area contributed by atoms with Crippen molar-refractivity contribution in [1.82, 2.24) is 10.6 Å². The minimum absolute atomic E-state index is 0.763. The molecule has 0 unspecified atom stereocenters. The fourth-order valence-corrected chi connectivity index (χ4v) is 1.78. The van der Waals surface area contributed by atoms with Gasteiger partial charge in [0.25, 0.3) is 0 Å². The van der Waals surface area contributed by atoms with Gasteiger partial charge in [-0.25, -0.2) is 0 Å². The average Bonchev–Trinajstić information content (AvgIpc) is 2.42. The molecule has 0 saturated heterocycles. The van der Waals surface area contributed by atoms with Crippen LogP contribution in [0.2, 0.25) is 0 Å². The Morgan fingerprint density at radius 3 is 2.94 bits per heavy atom. The maximum Gasteiger partial charge on any atom is 0.190 e. The van der Waals surface area contributed by atoms with Gasteiger partial charge in [0.15, 0.2) is 5.96 Å². The highest BCUT2D eigenvalue weighted by Gasteiger charge is 2.03. The predicted molar refractivity (Wildman–Crippen MR) is 74.0 cm³/mol. The van der Waals surface area contributed by atoms with Crippen molar-refractivity contribution in [2.45, 2.75) is 19.3 Å². The lowest BCUT2D eigenvalue weighted by molar-refractivity contribution is 0.153. The monoisotopic (exact) mass is 255 g/mol. The van der Waals surface area contributed by atoms with Crippen LogP contribution in [0.5, 0.6) is 0 Å². The van der Waals surface area contributed by atoms with Gasteiger partial charge in [0, 0.05) is 33.9 Å². The lowest BCUT2D eigenvalue weighted by atomic mass is 10.1. The molecule has 0 aliphatic carbocycles. The molecule has 0 fully saturated rings. The summed E-state index contributed by atoms with van der Waals surface area (Å²) in [5.74, 6) is 0.860. The van der Waals surface area contributed by atoms with Gasteiger partial charge in [-0.15, -0.1) is 0 Å². The molecule has 0 saturated carbocycles. The Balaban J connectivity index is 2.09. The summed E-state index contributed by atoms with van der Waals surface area (Å²) in [4.78, 5) is 4.18. The van der Waals surface area contributed by atoms with Crippen LogP contribution in [0.4, 0.5) is 0 Å². The van der Waals surface area contributed by atoms with Crippen molar-refractivity contribution >= 4 is 5.96 Å². The van der Waals surface area contributed by atoms with Gasteiger partial charge in [-0.1, -0.05) is 11.6 Å². The van der Waals surface area contributed by atoms with Crippen molar-refractivity contribution in [1.29, 1.82) is 0 Å². The van der Waals surface area contributed by atoms with E-state index in [2.05, 4.69) is 21.7 Å². The molecule has 5 nitrogen and oxygen atoms in total. The highest BCUT2D eigenvalue weighted by atomic mass is 16.5. The summed E-state index contributed by atoms with van der Waals surface area (Å²) >= 11 is 0. The van der Waals surface area contributed by atoms with Crippen LogP contribution in [0.15, 0.2) is 16.6 Å². The second-order valence-corrected chi connectivity index (χ2v) is 4.21. The Labute approximate surface area is 110 Å². The molecular weight excluding hydrogens is 230 g/mol. The minimum Gasteiger partial charge on any atom is -0.385 e. The molecule has 0 atom stereocenters. The number of hydrogen-bond donors (Lipinski definition) is 2. The first-order chi connectivity index (χ1) is 8.86. The van der Waals surface area contributed by atoms with E-state index in [1.54, 1.807) is 14.2 Å². The maximum absolute atomic E-state index is 5.28. The second-order valence-electron chi connectivity index (χ2n) is 4.21. The van der Waals surface area contributed by atoms with E-state index in [1.807, 2.05) is 0 Å². The molecular formula is C13H25N3O2. The van der Waals surface area contributed by atoms with E-state index >= 15 is 0 Å². The second kappa shape index (κ2) is 9.91. The quantitative estimate of drug-likeness (QED) is 0.307. The first-order valence-electron chi connectivity index (χ1n) is 6.56. The number of ether oxygens (including phenoxy) is 2. The van der Waals surface area contributed by atoms with Gasteiger partial charge < -0.3 is 20.1 Å². The summed E-state index contributed by atoms with van der Waals surface area (Å²) < 4.78 is 10.3. The molecule has 0 aromatic heterocycles. The van der Waals surface area contributed by atoms with Gasteiger partial charge in [-0.3, -0.25) is 4.99 Å². The third-order valence-corrected chi connectivity index (χ3v) is 2.84. The summed E-state index contributed by atoms with van der Waals surface area (Å²) in [6.45, 7) is 4.19. The van der Waals surface area contributed by atoms with Crippen LogP contribution in [0.25, 0.3) is 0 Å². The van der Waals surface area contributed by atoms with Crippen molar-refractivity contribution < 1.29 is 9.47 Å². The van der Waals surface area contributed by atoms with Crippen molar-refractivity contribution in [2.24, 2.45) is 4.99 Å². The number of rotatable bonds is 7. The van der Waals surface area contributed by atoms with Crippen molar-refractivity contribution in [3.63, 3.8) is 0 Å². The first kappa shape index (κ1) is 15.0. The van der Waals surface area contributed by atoms with Crippen molar-refractivity contribution in [3.8, 4) is 0 Å². The molecule has 5 heteroatoms. The van der Waals surface area contributed by atoms with E-state index in [0.29, 0.717) is 0 Å². The molecule has 0 aromatic carbocycles. The zero-order valence-electron chi connectivity index (χ0n) is 11.5. The molecule has 0 radical (unpaired) electrons. The van der Waals surface area contributed by atoms with E-state index in [-0.39, 0.29) is 0 Å². The average molecular weight is 255 g/mol.